The van der Waals surface area contributed by atoms with Crippen molar-refractivity contribution in [1.29, 1.82) is 0 Å². The molecule has 0 fully saturated rings. The van der Waals surface area contributed by atoms with E-state index in [9.17, 15) is 14.4 Å². The Labute approximate surface area is 170 Å². The number of nitrogens with zero attached hydrogens (tertiary/aromatic N) is 3. The third kappa shape index (κ3) is 2.03. The minimum Gasteiger partial charge on any atom is -0.369 e. The number of hydrogen-bond acceptors (Lipinski definition) is 8. The van der Waals surface area contributed by atoms with Gasteiger partial charge in [0.1, 0.15) is 17.1 Å². The molecule has 1 amide bonds. The van der Waals surface area contributed by atoms with Gasteiger partial charge in [-0.2, -0.15) is 9.97 Å². The first-order valence-electron chi connectivity index (χ1n) is 8.41. The lowest BCUT2D eigenvalue weighted by atomic mass is 9.69. The van der Waals surface area contributed by atoms with Crippen molar-refractivity contribution < 1.29 is 4.79 Å². The van der Waals surface area contributed by atoms with Crippen LogP contribution in [0.5, 0.6) is 0 Å². The number of nitrogens with two attached hydrogens (primary N) is 2. The molecule has 5 rings (SSSR count). The molecule has 4 heterocycles. The summed E-state index contributed by atoms with van der Waals surface area (Å²) in [4.78, 5) is 54.3. The maximum absolute atomic E-state index is 13.7. The number of likely N-dealkylation sites (N-methyl/N-ethyl adjacent to an activating group) is 1. The number of H-pyrrole nitrogens is 2. The van der Waals surface area contributed by atoms with Crippen molar-refractivity contribution in [2.75, 3.05) is 28.7 Å². The van der Waals surface area contributed by atoms with Crippen LogP contribution in [0.4, 0.5) is 29.2 Å². The molecule has 3 aromatic rings. The van der Waals surface area contributed by atoms with Crippen LogP contribution >= 0.6 is 15.9 Å². The van der Waals surface area contributed by atoms with Gasteiger partial charge in [-0.05, 0) is 18.2 Å². The zero-order valence-corrected chi connectivity index (χ0v) is 16.4. The van der Waals surface area contributed by atoms with Crippen LogP contribution in [0.25, 0.3) is 0 Å². The fraction of sp³-hybridized carbons (Fsp3) is 0.118. The van der Waals surface area contributed by atoms with E-state index in [1.54, 1.807) is 25.2 Å². The summed E-state index contributed by atoms with van der Waals surface area (Å²) in [6, 6.07) is 5.19. The summed E-state index contributed by atoms with van der Waals surface area (Å²) < 4.78 is 0.667. The Bertz CT molecular complexity index is 1300. The van der Waals surface area contributed by atoms with Gasteiger partial charge in [-0.3, -0.25) is 24.4 Å². The van der Waals surface area contributed by atoms with E-state index in [0.29, 0.717) is 15.7 Å². The monoisotopic (exact) mass is 456 g/mol. The van der Waals surface area contributed by atoms with Gasteiger partial charge < -0.3 is 21.7 Å². The zero-order chi connectivity index (χ0) is 20.7. The first-order chi connectivity index (χ1) is 13.7. The van der Waals surface area contributed by atoms with Gasteiger partial charge in [0.2, 0.25) is 17.8 Å². The molecule has 1 spiro atoms. The molecule has 2 aromatic heterocycles. The average molecular weight is 457 g/mol. The highest BCUT2D eigenvalue weighted by Gasteiger charge is 2.60. The molecule has 0 saturated carbocycles. The summed E-state index contributed by atoms with van der Waals surface area (Å²) in [5.74, 6) is -0.725. The third-order valence-electron chi connectivity index (χ3n) is 5.21. The molecule has 0 atom stereocenters. The molecule has 11 nitrogen and oxygen atoms in total. The Kier molecular flexibility index (Phi) is 3.27. The van der Waals surface area contributed by atoms with Gasteiger partial charge in [0, 0.05) is 22.8 Å². The molecule has 0 aliphatic carbocycles. The fourth-order valence-corrected chi connectivity index (χ4v) is 4.52. The van der Waals surface area contributed by atoms with Gasteiger partial charge in [0.15, 0.2) is 0 Å². The molecule has 146 valence electrons. The number of carbonyl (C=O) groups is 1. The lowest BCUT2D eigenvalue weighted by Crippen LogP contribution is -2.50. The van der Waals surface area contributed by atoms with E-state index in [4.69, 9.17) is 11.5 Å². The lowest BCUT2D eigenvalue weighted by Gasteiger charge is -2.34. The van der Waals surface area contributed by atoms with Crippen molar-refractivity contribution in [3.63, 3.8) is 0 Å². The highest BCUT2D eigenvalue weighted by Crippen LogP contribution is 2.53. The summed E-state index contributed by atoms with van der Waals surface area (Å²) in [5, 5.41) is 2.83. The van der Waals surface area contributed by atoms with Gasteiger partial charge in [-0.1, -0.05) is 15.9 Å². The number of aromatic nitrogens is 4. The van der Waals surface area contributed by atoms with Crippen molar-refractivity contribution in [2.45, 2.75) is 5.41 Å². The summed E-state index contributed by atoms with van der Waals surface area (Å²) in [5.41, 5.74) is 9.27. The third-order valence-corrected chi connectivity index (χ3v) is 5.70. The summed E-state index contributed by atoms with van der Waals surface area (Å²) >= 11 is 3.41. The first kappa shape index (κ1) is 17.4. The molecule has 2 aliphatic heterocycles. The van der Waals surface area contributed by atoms with Gasteiger partial charge >= 0.3 is 0 Å². The number of benzene rings is 1. The number of aromatic amines is 2. The second-order valence-corrected chi connectivity index (χ2v) is 7.67. The standard InChI is InChI=1S/C17H13BrN8O3/c1-26-7-3-2-5(18)4-6(7)17(14(26)29)8-10(22-15(19)24-12(8)27)21-11-9(17)13(28)25-16(20)23-11/h2-4H,1H3,(H7,19,20,21,22,23,24,25,27,28). The van der Waals surface area contributed by atoms with E-state index in [1.807, 2.05) is 0 Å². The number of rotatable bonds is 0. The SMILES string of the molecule is CN1C(=O)C2(c3cc(Br)ccc31)c1c(nc(N)[nH]c1=O)Nc1nc(N)[nH]c(=O)c12. The maximum atomic E-state index is 13.7. The number of halogens is 1. The maximum Gasteiger partial charge on any atom is 0.259 e. The molecule has 2 aliphatic rings. The van der Waals surface area contributed by atoms with Gasteiger partial charge in [0.05, 0.1) is 11.1 Å². The van der Waals surface area contributed by atoms with Crippen LogP contribution in [0, 0.1) is 0 Å². The minimum atomic E-state index is -1.77. The Hall–Kier alpha value is -3.67. The fourth-order valence-electron chi connectivity index (χ4n) is 4.16. The molecule has 1 aromatic carbocycles. The number of carbonyl (C=O) groups excluding carboxylic acids is 1. The van der Waals surface area contributed by atoms with Crippen molar-refractivity contribution >= 4 is 51.1 Å². The molecule has 29 heavy (non-hydrogen) atoms. The van der Waals surface area contributed by atoms with E-state index in [0.717, 1.165) is 0 Å². The molecular weight excluding hydrogens is 444 g/mol. The van der Waals surface area contributed by atoms with Crippen molar-refractivity contribution in [2.24, 2.45) is 0 Å². The van der Waals surface area contributed by atoms with Crippen molar-refractivity contribution in [3.05, 3.63) is 60.1 Å². The Morgan fingerprint density at radius 1 is 1.00 bits per heavy atom. The number of hydrogen-bond donors (Lipinski definition) is 5. The van der Waals surface area contributed by atoms with E-state index < -0.39 is 22.4 Å². The largest absolute Gasteiger partial charge is 0.369 e. The second kappa shape index (κ2) is 5.44. The summed E-state index contributed by atoms with van der Waals surface area (Å²) in [6.07, 6.45) is 0. The average Bonchev–Trinajstić information content (AvgIpc) is 2.83. The van der Waals surface area contributed by atoms with E-state index >= 15 is 0 Å². The Morgan fingerprint density at radius 2 is 1.55 bits per heavy atom. The van der Waals surface area contributed by atoms with Crippen LogP contribution in [0.3, 0.4) is 0 Å². The predicted octanol–water partition coefficient (Wildman–Crippen LogP) is 0.148. The molecule has 12 heteroatoms. The van der Waals surface area contributed by atoms with Crippen LogP contribution in [-0.2, 0) is 10.2 Å². The van der Waals surface area contributed by atoms with Crippen molar-refractivity contribution in [3.8, 4) is 0 Å². The number of anilines is 5. The van der Waals surface area contributed by atoms with E-state index in [-0.39, 0.29) is 34.7 Å². The molecular formula is C17H13BrN8O3. The number of nitrogen functional groups attached to an aromatic ring is 2. The zero-order valence-electron chi connectivity index (χ0n) is 14.8. The Balaban J connectivity index is 2.05. The summed E-state index contributed by atoms with van der Waals surface area (Å²) in [6.45, 7) is 0. The number of fused-ring (bicyclic) bond motifs is 6. The summed E-state index contributed by atoms with van der Waals surface area (Å²) in [7, 11) is 1.57. The highest BCUT2D eigenvalue weighted by molar-refractivity contribution is 9.10. The molecule has 0 unspecified atom stereocenters. The number of amides is 1. The number of nitrogens with one attached hydrogen (secondary N) is 3. The smallest absolute Gasteiger partial charge is 0.259 e. The Morgan fingerprint density at radius 3 is 2.10 bits per heavy atom. The van der Waals surface area contributed by atoms with E-state index in [2.05, 4.69) is 41.2 Å². The molecule has 7 N–H and O–H groups in total. The second-order valence-electron chi connectivity index (χ2n) is 6.75. The molecule has 0 bridgehead atoms. The normalized spacial score (nSPS) is 15.7. The van der Waals surface area contributed by atoms with Crippen LogP contribution in [0.1, 0.15) is 16.7 Å². The van der Waals surface area contributed by atoms with Crippen LogP contribution in [-0.4, -0.2) is 32.9 Å². The first-order valence-corrected chi connectivity index (χ1v) is 9.20. The predicted molar refractivity (Wildman–Crippen MR) is 109 cm³/mol. The van der Waals surface area contributed by atoms with Crippen molar-refractivity contribution in [1.82, 2.24) is 19.9 Å². The lowest BCUT2D eigenvalue weighted by molar-refractivity contribution is -0.120. The van der Waals surface area contributed by atoms with Crippen LogP contribution in [0.2, 0.25) is 0 Å². The minimum absolute atomic E-state index is 0.0332. The highest BCUT2D eigenvalue weighted by atomic mass is 79.9. The molecule has 0 saturated heterocycles. The van der Waals surface area contributed by atoms with Crippen LogP contribution < -0.4 is 32.8 Å². The van der Waals surface area contributed by atoms with Gasteiger partial charge in [0.25, 0.3) is 11.1 Å². The van der Waals surface area contributed by atoms with Gasteiger partial charge in [-0.15, -0.1) is 0 Å². The quantitative estimate of drug-likeness (QED) is 0.317. The van der Waals surface area contributed by atoms with Crippen LogP contribution in [0.15, 0.2) is 32.3 Å². The van der Waals surface area contributed by atoms with Gasteiger partial charge in [-0.25, -0.2) is 0 Å². The molecule has 0 radical (unpaired) electrons. The topological polar surface area (TPSA) is 176 Å². The van der Waals surface area contributed by atoms with E-state index in [1.165, 1.54) is 4.90 Å².